The predicted octanol–water partition coefficient (Wildman–Crippen LogP) is 9.43. The molecular formula is C44H43ClN6O6S2. The number of nitro groups is 1. The maximum Gasteiger partial charge on any atom is 0.355 e. The third kappa shape index (κ3) is 9.68. The minimum atomic E-state index is -4.12. The van der Waals surface area contributed by atoms with Crippen LogP contribution in [0.2, 0.25) is 5.02 Å². The van der Waals surface area contributed by atoms with E-state index in [-0.39, 0.29) is 28.8 Å². The van der Waals surface area contributed by atoms with Gasteiger partial charge >= 0.3 is 5.97 Å². The highest BCUT2D eigenvalue weighted by molar-refractivity contribution is 7.99. The van der Waals surface area contributed by atoms with Crippen LogP contribution in [0.1, 0.15) is 17.4 Å². The highest BCUT2D eigenvalue weighted by Gasteiger charge is 2.26. The number of carbonyl (C=O) groups excluding carboxylic acids is 1. The van der Waals surface area contributed by atoms with Crippen molar-refractivity contribution in [2.75, 3.05) is 64.9 Å². The molecule has 0 unspecified atom stereocenters. The summed E-state index contributed by atoms with van der Waals surface area (Å²) in [7, 11) is -2.27. The average molecular weight is 851 g/mol. The number of thioether (sulfide) groups is 1. The van der Waals surface area contributed by atoms with Gasteiger partial charge in [0, 0.05) is 95.9 Å². The molecule has 12 nitrogen and oxygen atoms in total. The third-order valence-electron chi connectivity index (χ3n) is 9.98. The van der Waals surface area contributed by atoms with Crippen LogP contribution in [0.3, 0.4) is 0 Å². The summed E-state index contributed by atoms with van der Waals surface area (Å²) in [5, 5.41) is 15.6. The molecule has 304 valence electrons. The molecule has 59 heavy (non-hydrogen) atoms. The van der Waals surface area contributed by atoms with Gasteiger partial charge in [-0.05, 0) is 90.8 Å². The van der Waals surface area contributed by atoms with E-state index in [1.807, 2.05) is 96.7 Å². The second-order valence-corrected chi connectivity index (χ2v) is 17.1. The number of anilines is 4. The number of rotatable bonds is 15. The lowest BCUT2D eigenvalue weighted by Crippen LogP contribution is -2.46. The predicted molar refractivity (Wildman–Crippen MR) is 238 cm³/mol. The van der Waals surface area contributed by atoms with Crippen LogP contribution in [0.25, 0.3) is 22.3 Å². The molecule has 0 radical (unpaired) electrons. The Kier molecular flexibility index (Phi) is 12.8. The summed E-state index contributed by atoms with van der Waals surface area (Å²) in [6, 6.07) is 36.6. The van der Waals surface area contributed by atoms with Gasteiger partial charge in [-0.15, -0.1) is 11.8 Å². The number of nitrogens with one attached hydrogen (secondary N) is 2. The van der Waals surface area contributed by atoms with Crippen molar-refractivity contribution in [2.45, 2.75) is 16.7 Å². The fourth-order valence-corrected chi connectivity index (χ4v) is 9.09. The lowest BCUT2D eigenvalue weighted by Gasteiger charge is -2.37. The molecule has 1 fully saturated rings. The number of sulfonamides is 1. The summed E-state index contributed by atoms with van der Waals surface area (Å²) in [5.41, 5.74) is 6.24. The summed E-state index contributed by atoms with van der Waals surface area (Å²) < 4.78 is 36.6. The zero-order valence-electron chi connectivity index (χ0n) is 32.5. The van der Waals surface area contributed by atoms with Crippen molar-refractivity contribution >= 4 is 67.8 Å². The molecule has 1 aliphatic heterocycles. The van der Waals surface area contributed by atoms with E-state index in [1.165, 1.54) is 12.1 Å². The standard InChI is InChI=1S/C44H43ClN6O6S2/c1-3-57-44(52)43-42(39(30-48(43)2)31-12-14-33(45)15-13-31)32-8-7-9-36(28-32)50-25-23-49(24-26-50)35-18-16-34(17-19-35)47-59(55,56)38-20-21-40(41(29-38)51(53)54)46-22-27-58-37-10-5-4-6-11-37/h4-21,28-30,46-47H,3,22-27H2,1-2H3. The second-order valence-electron chi connectivity index (χ2n) is 13.8. The Bertz CT molecular complexity index is 2540. The van der Waals surface area contributed by atoms with E-state index in [0.29, 0.717) is 28.7 Å². The van der Waals surface area contributed by atoms with Crippen molar-refractivity contribution in [1.82, 2.24) is 4.57 Å². The molecule has 0 saturated carbocycles. The van der Waals surface area contributed by atoms with E-state index >= 15 is 0 Å². The molecule has 7 rings (SSSR count). The maximum absolute atomic E-state index is 13.4. The van der Waals surface area contributed by atoms with Gasteiger partial charge in [0.1, 0.15) is 11.4 Å². The Morgan fingerprint density at radius 2 is 1.54 bits per heavy atom. The lowest BCUT2D eigenvalue weighted by atomic mass is 9.96. The van der Waals surface area contributed by atoms with Crippen LogP contribution in [0, 0.1) is 10.1 Å². The molecule has 0 aliphatic carbocycles. The number of ether oxygens (including phenoxy) is 1. The van der Waals surface area contributed by atoms with Gasteiger partial charge in [0.05, 0.1) is 16.4 Å². The van der Waals surface area contributed by atoms with Crippen LogP contribution in [0.5, 0.6) is 0 Å². The number of piperazine rings is 1. The van der Waals surface area contributed by atoms with Gasteiger partial charge in [-0.2, -0.15) is 0 Å². The van der Waals surface area contributed by atoms with Crippen LogP contribution in [-0.2, 0) is 21.8 Å². The summed E-state index contributed by atoms with van der Waals surface area (Å²) in [6.07, 6.45) is 1.95. The molecular weight excluding hydrogens is 808 g/mol. The molecule has 0 bridgehead atoms. The zero-order chi connectivity index (χ0) is 41.5. The van der Waals surface area contributed by atoms with Crippen molar-refractivity contribution in [1.29, 1.82) is 0 Å². The first-order valence-corrected chi connectivity index (χ1v) is 21.9. The van der Waals surface area contributed by atoms with Crippen molar-refractivity contribution in [3.05, 3.63) is 148 Å². The zero-order valence-corrected chi connectivity index (χ0v) is 34.9. The molecule has 15 heteroatoms. The molecule has 1 aliphatic rings. The van der Waals surface area contributed by atoms with Crippen LogP contribution in [0.4, 0.5) is 28.4 Å². The molecule has 2 N–H and O–H groups in total. The first-order chi connectivity index (χ1) is 28.5. The fraction of sp³-hybridized carbons (Fsp3) is 0.205. The summed E-state index contributed by atoms with van der Waals surface area (Å²) >= 11 is 7.82. The van der Waals surface area contributed by atoms with Crippen molar-refractivity contribution in [3.63, 3.8) is 0 Å². The number of nitro benzene ring substituents is 1. The number of carbonyl (C=O) groups is 1. The van der Waals surface area contributed by atoms with Crippen LogP contribution >= 0.6 is 23.4 Å². The Hall–Kier alpha value is -5.96. The summed E-state index contributed by atoms with van der Waals surface area (Å²) in [6.45, 7) is 5.42. The molecule has 1 aromatic heterocycles. The van der Waals surface area contributed by atoms with Crippen molar-refractivity contribution in [3.8, 4) is 22.3 Å². The largest absolute Gasteiger partial charge is 0.461 e. The van der Waals surface area contributed by atoms with Gasteiger partial charge in [-0.25, -0.2) is 13.2 Å². The van der Waals surface area contributed by atoms with Gasteiger partial charge in [-0.1, -0.05) is 54.1 Å². The van der Waals surface area contributed by atoms with Gasteiger partial charge in [0.15, 0.2) is 0 Å². The third-order valence-corrected chi connectivity index (χ3v) is 12.6. The molecule has 2 heterocycles. The monoisotopic (exact) mass is 850 g/mol. The first-order valence-electron chi connectivity index (χ1n) is 19.1. The topological polar surface area (TPSA) is 139 Å². The molecule has 5 aromatic carbocycles. The summed E-state index contributed by atoms with van der Waals surface area (Å²) in [4.78, 5) is 30.0. The number of aryl methyl sites for hydroxylation is 1. The minimum Gasteiger partial charge on any atom is -0.461 e. The van der Waals surface area contributed by atoms with E-state index < -0.39 is 14.9 Å². The fourth-order valence-electron chi connectivity index (χ4n) is 7.10. The number of esters is 1. The Balaban J connectivity index is 0.996. The molecule has 1 saturated heterocycles. The minimum absolute atomic E-state index is 0.205. The van der Waals surface area contributed by atoms with Gasteiger partial charge in [-0.3, -0.25) is 14.8 Å². The van der Waals surface area contributed by atoms with Crippen molar-refractivity contribution < 1.29 is 22.9 Å². The quantitative estimate of drug-likeness (QED) is 0.0338. The molecule has 0 spiro atoms. The van der Waals surface area contributed by atoms with E-state index in [1.54, 1.807) is 30.8 Å². The SMILES string of the molecule is CCOC(=O)c1c(-c2cccc(N3CCN(c4ccc(NS(=O)(=O)c5ccc(NCCSc6ccccc6)c([N+](=O)[O-])c5)cc4)CC3)c2)c(-c2ccc(Cl)cc2)cn1C. The number of nitrogens with zero attached hydrogens (tertiary/aromatic N) is 4. The van der Waals surface area contributed by atoms with Crippen LogP contribution in [0.15, 0.2) is 137 Å². The lowest BCUT2D eigenvalue weighted by molar-refractivity contribution is -0.384. The number of hydrogen-bond donors (Lipinski definition) is 2. The number of benzene rings is 5. The van der Waals surface area contributed by atoms with Crippen LogP contribution < -0.4 is 19.8 Å². The van der Waals surface area contributed by atoms with Crippen molar-refractivity contribution in [2.24, 2.45) is 7.05 Å². The normalized spacial score (nSPS) is 12.9. The summed E-state index contributed by atoms with van der Waals surface area (Å²) in [5.74, 6) is 0.281. The van der Waals surface area contributed by atoms with Gasteiger partial charge in [0.25, 0.3) is 15.7 Å². The molecule has 6 aromatic rings. The number of hydrogen-bond acceptors (Lipinski definition) is 10. The van der Waals surface area contributed by atoms with Gasteiger partial charge in [0.2, 0.25) is 0 Å². The molecule has 0 atom stereocenters. The van der Waals surface area contributed by atoms with Crippen LogP contribution in [-0.4, -0.2) is 69.0 Å². The molecule has 0 amide bonds. The Morgan fingerprint density at radius 1 is 0.847 bits per heavy atom. The second kappa shape index (κ2) is 18.3. The Labute approximate surface area is 353 Å². The van der Waals surface area contributed by atoms with E-state index in [9.17, 15) is 23.3 Å². The van der Waals surface area contributed by atoms with E-state index in [0.717, 1.165) is 70.8 Å². The number of halogens is 1. The van der Waals surface area contributed by atoms with E-state index in [2.05, 4.69) is 32.0 Å². The smallest absolute Gasteiger partial charge is 0.355 e. The highest BCUT2D eigenvalue weighted by atomic mass is 35.5. The first kappa shape index (κ1) is 41.2. The average Bonchev–Trinajstić information content (AvgIpc) is 3.60. The number of aromatic nitrogens is 1. The maximum atomic E-state index is 13.4. The highest BCUT2D eigenvalue weighted by Crippen LogP contribution is 2.39. The van der Waals surface area contributed by atoms with E-state index in [4.69, 9.17) is 16.3 Å². The van der Waals surface area contributed by atoms with Gasteiger partial charge < -0.3 is 24.4 Å². The Morgan fingerprint density at radius 3 is 2.22 bits per heavy atom.